The molecule has 1 aliphatic rings. The van der Waals surface area contributed by atoms with Gasteiger partial charge in [-0.1, -0.05) is 0 Å². The van der Waals surface area contributed by atoms with Gasteiger partial charge in [0.15, 0.2) is 0 Å². The first-order valence-electron chi connectivity index (χ1n) is 5.44. The van der Waals surface area contributed by atoms with Gasteiger partial charge in [0.1, 0.15) is 0 Å². The van der Waals surface area contributed by atoms with E-state index < -0.39 is 22.4 Å². The highest BCUT2D eigenvalue weighted by Gasteiger charge is 2.37. The molecular weight excluding hydrogens is 249 g/mol. The molecule has 98 valence electrons. The van der Waals surface area contributed by atoms with Crippen LogP contribution in [-0.2, 0) is 12.6 Å². The van der Waals surface area contributed by atoms with Crippen molar-refractivity contribution in [3.63, 3.8) is 0 Å². The van der Waals surface area contributed by atoms with Crippen molar-refractivity contribution in [3.8, 4) is 0 Å². The Morgan fingerprint density at radius 1 is 1.44 bits per heavy atom. The summed E-state index contributed by atoms with van der Waals surface area (Å²) < 4.78 is 38.6. The van der Waals surface area contributed by atoms with Crippen LogP contribution in [0.1, 0.15) is 24.5 Å². The second-order valence-electron chi connectivity index (χ2n) is 4.36. The van der Waals surface area contributed by atoms with Gasteiger partial charge in [-0.05, 0) is 25.3 Å². The number of non-ortho nitro benzene ring substituents is 1. The Balaban J connectivity index is 2.61. The highest BCUT2D eigenvalue weighted by Crippen LogP contribution is 2.40. The summed E-state index contributed by atoms with van der Waals surface area (Å²) in [5.74, 6) is 0. The summed E-state index contributed by atoms with van der Waals surface area (Å²) in [6.07, 6.45) is -3.72. The molecule has 7 heteroatoms. The van der Waals surface area contributed by atoms with Crippen LogP contribution in [0.5, 0.6) is 0 Å². The number of rotatable bonds is 1. The molecule has 2 rings (SSSR count). The molecule has 1 N–H and O–H groups in total. The van der Waals surface area contributed by atoms with Crippen molar-refractivity contribution in [3.05, 3.63) is 33.4 Å². The average Bonchev–Trinajstić information content (AvgIpc) is 2.25. The lowest BCUT2D eigenvalue weighted by molar-refractivity contribution is -0.385. The van der Waals surface area contributed by atoms with Gasteiger partial charge in [-0.15, -0.1) is 0 Å². The molecule has 1 aromatic carbocycles. The van der Waals surface area contributed by atoms with Crippen LogP contribution in [0.15, 0.2) is 12.1 Å². The fraction of sp³-hybridized carbons (Fsp3) is 0.455. The molecule has 1 aliphatic heterocycles. The molecule has 18 heavy (non-hydrogen) atoms. The standard InChI is InChI=1S/C11H11F3N2O2/c1-6-2-3-8-9(11(12,13)14)4-7(16(17)18)5-10(8)15-6/h4-6,15H,2-3H2,1H3. The molecule has 1 unspecified atom stereocenters. The zero-order valence-electron chi connectivity index (χ0n) is 9.54. The van der Waals surface area contributed by atoms with E-state index >= 15 is 0 Å². The van der Waals surface area contributed by atoms with Crippen LogP contribution in [-0.4, -0.2) is 11.0 Å². The Bertz CT molecular complexity index is 500. The summed E-state index contributed by atoms with van der Waals surface area (Å²) in [5.41, 5.74) is -1.12. The number of nitro groups is 1. The van der Waals surface area contributed by atoms with Gasteiger partial charge in [-0.3, -0.25) is 10.1 Å². The Hall–Kier alpha value is -1.79. The summed E-state index contributed by atoms with van der Waals surface area (Å²) in [5, 5.41) is 13.5. The van der Waals surface area contributed by atoms with Gasteiger partial charge >= 0.3 is 6.18 Å². The lowest BCUT2D eigenvalue weighted by atomic mass is 9.93. The van der Waals surface area contributed by atoms with Crippen LogP contribution < -0.4 is 5.32 Å². The molecule has 1 heterocycles. The molecule has 0 radical (unpaired) electrons. The van der Waals surface area contributed by atoms with E-state index in [1.54, 1.807) is 0 Å². The van der Waals surface area contributed by atoms with Gasteiger partial charge in [-0.2, -0.15) is 13.2 Å². The zero-order valence-corrected chi connectivity index (χ0v) is 9.54. The van der Waals surface area contributed by atoms with E-state index in [9.17, 15) is 23.3 Å². The van der Waals surface area contributed by atoms with Crippen molar-refractivity contribution in [1.29, 1.82) is 0 Å². The van der Waals surface area contributed by atoms with E-state index in [1.807, 2.05) is 6.92 Å². The largest absolute Gasteiger partial charge is 0.417 e. The van der Waals surface area contributed by atoms with E-state index in [2.05, 4.69) is 5.32 Å². The van der Waals surface area contributed by atoms with Gasteiger partial charge in [0.25, 0.3) is 5.69 Å². The maximum absolute atomic E-state index is 12.9. The molecule has 0 amide bonds. The van der Waals surface area contributed by atoms with E-state index in [-0.39, 0.29) is 23.7 Å². The zero-order chi connectivity index (χ0) is 13.5. The number of nitro benzene ring substituents is 1. The summed E-state index contributed by atoms with van der Waals surface area (Å²) in [6, 6.07) is 1.79. The van der Waals surface area contributed by atoms with Crippen LogP contribution in [0, 0.1) is 10.1 Å². The van der Waals surface area contributed by atoms with Crippen molar-refractivity contribution in [2.45, 2.75) is 32.0 Å². The van der Waals surface area contributed by atoms with Gasteiger partial charge in [-0.25, -0.2) is 0 Å². The SMILES string of the molecule is CC1CCc2c(cc([N+](=O)[O-])cc2C(F)(F)F)N1. The molecule has 0 bridgehead atoms. The van der Waals surface area contributed by atoms with Crippen molar-refractivity contribution >= 4 is 11.4 Å². The lowest BCUT2D eigenvalue weighted by Gasteiger charge is -2.26. The topological polar surface area (TPSA) is 55.2 Å². The molecular formula is C11H11F3N2O2. The number of fused-ring (bicyclic) bond motifs is 1. The molecule has 0 fully saturated rings. The van der Waals surface area contributed by atoms with E-state index in [4.69, 9.17) is 0 Å². The summed E-state index contributed by atoms with van der Waals surface area (Å²) in [7, 11) is 0. The van der Waals surface area contributed by atoms with Crippen LogP contribution in [0.4, 0.5) is 24.5 Å². The normalized spacial score (nSPS) is 19.0. The maximum atomic E-state index is 12.9. The summed E-state index contributed by atoms with van der Waals surface area (Å²) >= 11 is 0. The Morgan fingerprint density at radius 2 is 2.11 bits per heavy atom. The highest BCUT2D eigenvalue weighted by molar-refractivity contribution is 5.63. The highest BCUT2D eigenvalue weighted by atomic mass is 19.4. The number of alkyl halides is 3. The number of halogens is 3. The number of hydrogen-bond donors (Lipinski definition) is 1. The number of nitrogens with zero attached hydrogens (tertiary/aromatic N) is 1. The summed E-state index contributed by atoms with van der Waals surface area (Å²) in [6.45, 7) is 1.83. The average molecular weight is 260 g/mol. The third-order valence-corrected chi connectivity index (χ3v) is 2.98. The Kier molecular flexibility index (Phi) is 2.92. The predicted molar refractivity (Wildman–Crippen MR) is 59.5 cm³/mol. The van der Waals surface area contributed by atoms with Gasteiger partial charge in [0.05, 0.1) is 10.5 Å². The third-order valence-electron chi connectivity index (χ3n) is 2.98. The van der Waals surface area contributed by atoms with E-state index in [0.717, 1.165) is 0 Å². The fourth-order valence-electron chi connectivity index (χ4n) is 2.11. The fourth-order valence-corrected chi connectivity index (χ4v) is 2.11. The third kappa shape index (κ3) is 2.25. The van der Waals surface area contributed by atoms with Gasteiger partial charge in [0.2, 0.25) is 0 Å². The smallest absolute Gasteiger partial charge is 0.382 e. The van der Waals surface area contributed by atoms with Crippen molar-refractivity contribution in [1.82, 2.24) is 0 Å². The minimum atomic E-state index is -4.57. The second kappa shape index (κ2) is 4.15. The van der Waals surface area contributed by atoms with Gasteiger partial charge in [0, 0.05) is 23.9 Å². The summed E-state index contributed by atoms with van der Waals surface area (Å²) in [4.78, 5) is 9.85. The van der Waals surface area contributed by atoms with Crippen LogP contribution in [0.2, 0.25) is 0 Å². The number of anilines is 1. The molecule has 0 aliphatic carbocycles. The molecule has 0 spiro atoms. The first-order chi connectivity index (χ1) is 8.29. The quantitative estimate of drug-likeness (QED) is 0.622. The van der Waals surface area contributed by atoms with Crippen molar-refractivity contribution < 1.29 is 18.1 Å². The Labute approximate surface area is 101 Å². The van der Waals surface area contributed by atoms with Crippen molar-refractivity contribution in [2.75, 3.05) is 5.32 Å². The minimum Gasteiger partial charge on any atom is -0.382 e. The molecule has 4 nitrogen and oxygen atoms in total. The van der Waals surface area contributed by atoms with Crippen LogP contribution in [0.25, 0.3) is 0 Å². The minimum absolute atomic E-state index is 0.0144. The van der Waals surface area contributed by atoms with Crippen molar-refractivity contribution in [2.24, 2.45) is 0 Å². The predicted octanol–water partition coefficient (Wildman–Crippen LogP) is 3.36. The maximum Gasteiger partial charge on any atom is 0.417 e. The first-order valence-corrected chi connectivity index (χ1v) is 5.44. The molecule has 0 aromatic heterocycles. The van der Waals surface area contributed by atoms with Crippen LogP contribution in [0.3, 0.4) is 0 Å². The monoisotopic (exact) mass is 260 g/mol. The van der Waals surface area contributed by atoms with Crippen LogP contribution >= 0.6 is 0 Å². The number of nitrogens with one attached hydrogen (secondary N) is 1. The molecule has 1 atom stereocenters. The number of hydrogen-bond acceptors (Lipinski definition) is 3. The molecule has 1 aromatic rings. The molecule has 0 saturated heterocycles. The molecule has 0 saturated carbocycles. The lowest BCUT2D eigenvalue weighted by Crippen LogP contribution is -2.24. The Morgan fingerprint density at radius 3 is 2.67 bits per heavy atom. The van der Waals surface area contributed by atoms with Gasteiger partial charge < -0.3 is 5.32 Å². The number of benzene rings is 1. The van der Waals surface area contributed by atoms with E-state index in [1.165, 1.54) is 6.07 Å². The second-order valence-corrected chi connectivity index (χ2v) is 4.36. The first kappa shape index (κ1) is 12.7. The van der Waals surface area contributed by atoms with E-state index in [0.29, 0.717) is 12.5 Å².